The zero-order valence-electron chi connectivity index (χ0n) is 10.6. The average Bonchev–Trinajstić information content (AvgIpc) is 2.83. The van der Waals surface area contributed by atoms with Gasteiger partial charge < -0.3 is 14.4 Å². The van der Waals surface area contributed by atoms with Crippen LogP contribution in [0.5, 0.6) is 0 Å². The van der Waals surface area contributed by atoms with Crippen molar-refractivity contribution in [1.29, 1.82) is 0 Å². The smallest absolute Gasteiger partial charge is 0.214 e. The van der Waals surface area contributed by atoms with Crippen LogP contribution in [0, 0.1) is 11.9 Å². The van der Waals surface area contributed by atoms with E-state index in [0.717, 1.165) is 31.9 Å². The van der Waals surface area contributed by atoms with Crippen molar-refractivity contribution < 1.29 is 13.9 Å². The van der Waals surface area contributed by atoms with Gasteiger partial charge in [-0.25, -0.2) is 4.98 Å². The van der Waals surface area contributed by atoms with Crippen molar-refractivity contribution in [1.82, 2.24) is 4.98 Å². The van der Waals surface area contributed by atoms with Crippen LogP contribution in [-0.4, -0.2) is 45.0 Å². The van der Waals surface area contributed by atoms with Gasteiger partial charge in [0.15, 0.2) is 0 Å². The lowest BCUT2D eigenvalue weighted by Crippen LogP contribution is -2.22. The van der Waals surface area contributed by atoms with E-state index in [2.05, 4.69) is 9.88 Å². The lowest BCUT2D eigenvalue weighted by Gasteiger charge is -2.17. The molecule has 0 bridgehead atoms. The van der Waals surface area contributed by atoms with Gasteiger partial charge in [0.2, 0.25) is 5.95 Å². The van der Waals surface area contributed by atoms with Gasteiger partial charge in [0, 0.05) is 26.1 Å². The first-order valence-corrected chi connectivity index (χ1v) is 6.24. The third kappa shape index (κ3) is 3.65. The third-order valence-corrected chi connectivity index (χ3v) is 3.10. The minimum absolute atomic E-state index is 0.424. The molecule has 0 spiro atoms. The zero-order chi connectivity index (χ0) is 12.8. The summed E-state index contributed by atoms with van der Waals surface area (Å²) in [6.45, 7) is 3.78. The van der Waals surface area contributed by atoms with Crippen molar-refractivity contribution in [3.05, 3.63) is 24.1 Å². The fraction of sp³-hybridized carbons (Fsp3) is 0.615. The van der Waals surface area contributed by atoms with E-state index in [4.69, 9.17) is 9.47 Å². The van der Waals surface area contributed by atoms with E-state index in [0.29, 0.717) is 19.1 Å². The lowest BCUT2D eigenvalue weighted by molar-refractivity contribution is 0.0549. The van der Waals surface area contributed by atoms with Crippen LogP contribution in [0.25, 0.3) is 0 Å². The SMILES string of the molecule is COCCOCC1CCN(c2cccc(F)n2)C1. The van der Waals surface area contributed by atoms with Crippen molar-refractivity contribution in [3.8, 4) is 0 Å². The molecule has 4 nitrogen and oxygen atoms in total. The molecule has 1 unspecified atom stereocenters. The van der Waals surface area contributed by atoms with Crippen LogP contribution >= 0.6 is 0 Å². The molecular formula is C13H19FN2O2. The molecule has 5 heteroatoms. The van der Waals surface area contributed by atoms with Crippen LogP contribution in [0.15, 0.2) is 18.2 Å². The van der Waals surface area contributed by atoms with E-state index in [1.807, 2.05) is 6.07 Å². The summed E-state index contributed by atoms with van der Waals surface area (Å²) in [5, 5.41) is 0. The van der Waals surface area contributed by atoms with Crippen molar-refractivity contribution >= 4 is 5.82 Å². The van der Waals surface area contributed by atoms with Gasteiger partial charge in [-0.2, -0.15) is 4.39 Å². The van der Waals surface area contributed by atoms with Crippen LogP contribution in [0.2, 0.25) is 0 Å². The van der Waals surface area contributed by atoms with E-state index >= 15 is 0 Å². The maximum atomic E-state index is 13.0. The Balaban J connectivity index is 1.78. The molecule has 1 fully saturated rings. The van der Waals surface area contributed by atoms with Crippen LogP contribution in [0.4, 0.5) is 10.2 Å². The monoisotopic (exact) mass is 254 g/mol. The summed E-state index contributed by atoms with van der Waals surface area (Å²) in [4.78, 5) is 6.00. The number of hydrogen-bond acceptors (Lipinski definition) is 4. The fourth-order valence-corrected chi connectivity index (χ4v) is 2.14. The summed E-state index contributed by atoms with van der Waals surface area (Å²) >= 11 is 0. The van der Waals surface area contributed by atoms with E-state index in [1.165, 1.54) is 6.07 Å². The van der Waals surface area contributed by atoms with Gasteiger partial charge in [-0.15, -0.1) is 0 Å². The summed E-state index contributed by atoms with van der Waals surface area (Å²) in [7, 11) is 1.66. The molecule has 0 N–H and O–H groups in total. The predicted octanol–water partition coefficient (Wildman–Crippen LogP) is 1.71. The highest BCUT2D eigenvalue weighted by Gasteiger charge is 2.23. The molecule has 18 heavy (non-hydrogen) atoms. The first-order valence-electron chi connectivity index (χ1n) is 6.24. The highest BCUT2D eigenvalue weighted by Crippen LogP contribution is 2.22. The maximum Gasteiger partial charge on any atom is 0.214 e. The Hall–Kier alpha value is -1.20. The third-order valence-electron chi connectivity index (χ3n) is 3.10. The number of anilines is 1. The van der Waals surface area contributed by atoms with Crippen molar-refractivity contribution in [2.45, 2.75) is 6.42 Å². The molecule has 0 radical (unpaired) electrons. The molecule has 0 aromatic carbocycles. The normalized spacial score (nSPS) is 19.4. The van der Waals surface area contributed by atoms with Crippen molar-refractivity contribution in [2.24, 2.45) is 5.92 Å². The first kappa shape index (κ1) is 13.2. The number of methoxy groups -OCH3 is 1. The number of aromatic nitrogens is 1. The average molecular weight is 254 g/mol. The molecule has 1 aromatic rings. The molecule has 2 rings (SSSR count). The van der Waals surface area contributed by atoms with E-state index in [1.54, 1.807) is 13.2 Å². The van der Waals surface area contributed by atoms with Crippen LogP contribution < -0.4 is 4.90 Å². The molecule has 1 saturated heterocycles. The minimum Gasteiger partial charge on any atom is -0.382 e. The Kier molecular flexibility index (Phi) is 4.90. The quantitative estimate of drug-likeness (QED) is 0.572. The Morgan fingerprint density at radius 1 is 1.44 bits per heavy atom. The highest BCUT2D eigenvalue weighted by atomic mass is 19.1. The Labute approximate surface area is 107 Å². The molecule has 2 heterocycles. The minimum atomic E-state index is -0.424. The second kappa shape index (κ2) is 6.66. The number of rotatable bonds is 6. The van der Waals surface area contributed by atoms with Gasteiger partial charge >= 0.3 is 0 Å². The van der Waals surface area contributed by atoms with Crippen LogP contribution in [0.3, 0.4) is 0 Å². The largest absolute Gasteiger partial charge is 0.382 e. The number of hydrogen-bond donors (Lipinski definition) is 0. The second-order valence-electron chi connectivity index (χ2n) is 4.49. The molecule has 1 aliphatic rings. The van der Waals surface area contributed by atoms with Crippen LogP contribution in [0.1, 0.15) is 6.42 Å². The van der Waals surface area contributed by atoms with Gasteiger partial charge in [0.1, 0.15) is 5.82 Å². The van der Waals surface area contributed by atoms with E-state index < -0.39 is 5.95 Å². The van der Waals surface area contributed by atoms with Gasteiger partial charge in [-0.3, -0.25) is 0 Å². The Bertz CT molecular complexity index is 376. The summed E-state index contributed by atoms with van der Waals surface area (Å²) in [5.74, 6) is 0.786. The summed E-state index contributed by atoms with van der Waals surface area (Å²) < 4.78 is 23.5. The van der Waals surface area contributed by atoms with Gasteiger partial charge in [0.05, 0.1) is 19.8 Å². The molecule has 1 atom stereocenters. The lowest BCUT2D eigenvalue weighted by atomic mass is 10.1. The molecule has 1 aliphatic heterocycles. The molecule has 1 aromatic heterocycles. The number of pyridine rings is 1. The van der Waals surface area contributed by atoms with Gasteiger partial charge in [-0.1, -0.05) is 6.07 Å². The number of halogens is 1. The van der Waals surface area contributed by atoms with Crippen molar-refractivity contribution in [2.75, 3.05) is 44.9 Å². The van der Waals surface area contributed by atoms with E-state index in [-0.39, 0.29) is 0 Å². The van der Waals surface area contributed by atoms with E-state index in [9.17, 15) is 4.39 Å². The Morgan fingerprint density at radius 3 is 3.11 bits per heavy atom. The molecule has 0 amide bonds. The molecule has 100 valence electrons. The highest BCUT2D eigenvalue weighted by molar-refractivity contribution is 5.39. The van der Waals surface area contributed by atoms with Crippen molar-refractivity contribution in [3.63, 3.8) is 0 Å². The van der Waals surface area contributed by atoms with Crippen LogP contribution in [-0.2, 0) is 9.47 Å². The number of nitrogens with zero attached hydrogens (tertiary/aromatic N) is 2. The molecule has 0 aliphatic carbocycles. The zero-order valence-corrected chi connectivity index (χ0v) is 10.6. The topological polar surface area (TPSA) is 34.6 Å². The summed E-state index contributed by atoms with van der Waals surface area (Å²) in [6, 6.07) is 4.90. The number of ether oxygens (including phenoxy) is 2. The maximum absolute atomic E-state index is 13.0. The van der Waals surface area contributed by atoms with Gasteiger partial charge in [0.25, 0.3) is 0 Å². The predicted molar refractivity (Wildman–Crippen MR) is 67.2 cm³/mol. The molecular weight excluding hydrogens is 235 g/mol. The molecule has 0 saturated carbocycles. The summed E-state index contributed by atoms with van der Waals surface area (Å²) in [5.41, 5.74) is 0. The Morgan fingerprint density at radius 2 is 2.33 bits per heavy atom. The standard InChI is InChI=1S/C13H19FN2O2/c1-17-7-8-18-10-11-5-6-16(9-11)13-4-2-3-12(14)15-13/h2-4,11H,5-10H2,1H3. The van der Waals surface area contributed by atoms with Gasteiger partial charge in [-0.05, 0) is 18.6 Å². The first-order chi connectivity index (χ1) is 8.79. The second-order valence-corrected chi connectivity index (χ2v) is 4.49. The summed E-state index contributed by atoms with van der Waals surface area (Å²) in [6.07, 6.45) is 1.06. The fourth-order valence-electron chi connectivity index (χ4n) is 2.14.